The SMILES string of the molecule is CC(C)[Si](O[C@H](/C=C/c1ccccc1)[C@H](O)[C@H](O)c1ccccc1)(C(C)C)C(C)C. The molecule has 0 saturated heterocycles. The first-order valence-corrected chi connectivity index (χ1v) is 13.2. The summed E-state index contributed by atoms with van der Waals surface area (Å²) in [6.45, 7) is 13.4. The van der Waals surface area contributed by atoms with Crippen LogP contribution in [0.5, 0.6) is 0 Å². The van der Waals surface area contributed by atoms with Crippen LogP contribution in [0.15, 0.2) is 66.7 Å². The minimum absolute atomic E-state index is 0.381. The van der Waals surface area contributed by atoms with E-state index in [9.17, 15) is 10.2 Å². The average Bonchev–Trinajstić information content (AvgIpc) is 2.73. The Morgan fingerprint density at radius 1 is 0.733 bits per heavy atom. The molecule has 0 spiro atoms. The fourth-order valence-electron chi connectivity index (χ4n) is 4.66. The molecule has 0 radical (unpaired) electrons. The van der Waals surface area contributed by atoms with Crippen molar-refractivity contribution < 1.29 is 14.6 Å². The summed E-state index contributed by atoms with van der Waals surface area (Å²) in [5, 5.41) is 22.1. The molecule has 2 aromatic carbocycles. The molecule has 0 unspecified atom stereocenters. The molecule has 0 aliphatic heterocycles. The third-order valence-corrected chi connectivity index (χ3v) is 12.2. The van der Waals surface area contributed by atoms with Gasteiger partial charge >= 0.3 is 0 Å². The second-order valence-corrected chi connectivity index (χ2v) is 14.4. The molecule has 4 heteroatoms. The number of benzene rings is 2. The van der Waals surface area contributed by atoms with Crippen molar-refractivity contribution in [1.29, 1.82) is 0 Å². The molecule has 2 N–H and O–H groups in total. The molecular formula is C26H38O3Si. The summed E-state index contributed by atoms with van der Waals surface area (Å²) in [7, 11) is -2.26. The van der Waals surface area contributed by atoms with E-state index in [0.29, 0.717) is 22.2 Å². The van der Waals surface area contributed by atoms with E-state index in [1.165, 1.54) is 0 Å². The summed E-state index contributed by atoms with van der Waals surface area (Å²) in [4.78, 5) is 0. The Hall–Kier alpha value is -1.72. The van der Waals surface area contributed by atoms with Gasteiger partial charge in [-0.25, -0.2) is 0 Å². The highest BCUT2D eigenvalue weighted by Gasteiger charge is 2.47. The number of aliphatic hydroxyl groups is 2. The minimum Gasteiger partial charge on any atom is -0.407 e. The molecule has 2 rings (SSSR count). The lowest BCUT2D eigenvalue weighted by atomic mass is 10.00. The van der Waals surface area contributed by atoms with Crippen molar-refractivity contribution in [2.45, 2.75) is 76.5 Å². The predicted molar refractivity (Wildman–Crippen MR) is 129 cm³/mol. The molecule has 3 atom stereocenters. The van der Waals surface area contributed by atoms with E-state index >= 15 is 0 Å². The summed E-state index contributed by atoms with van der Waals surface area (Å²) in [6, 6.07) is 19.3. The van der Waals surface area contributed by atoms with Gasteiger partial charge < -0.3 is 14.6 Å². The second-order valence-electron chi connectivity index (χ2n) is 9.02. The normalized spacial score (nSPS) is 15.8. The van der Waals surface area contributed by atoms with Crippen LogP contribution in [-0.2, 0) is 4.43 Å². The highest BCUT2D eigenvalue weighted by atomic mass is 28.4. The second kappa shape index (κ2) is 11.1. The quantitative estimate of drug-likeness (QED) is 0.435. The average molecular weight is 427 g/mol. The van der Waals surface area contributed by atoms with E-state index in [-0.39, 0.29) is 0 Å². The summed E-state index contributed by atoms with van der Waals surface area (Å²) in [5.74, 6) is 0. The Balaban J connectivity index is 2.43. The Kier molecular flexibility index (Phi) is 9.04. The van der Waals surface area contributed by atoms with E-state index in [4.69, 9.17) is 4.43 Å². The van der Waals surface area contributed by atoms with Gasteiger partial charge in [-0.15, -0.1) is 0 Å². The van der Waals surface area contributed by atoms with Crippen LogP contribution in [0.1, 0.15) is 58.8 Å². The van der Waals surface area contributed by atoms with E-state index in [1.807, 2.05) is 72.8 Å². The molecule has 0 saturated carbocycles. The first-order chi connectivity index (χ1) is 14.2. The summed E-state index contributed by atoms with van der Waals surface area (Å²) < 4.78 is 6.89. The lowest BCUT2D eigenvalue weighted by Crippen LogP contribution is -2.52. The van der Waals surface area contributed by atoms with Crippen LogP contribution in [0, 0.1) is 0 Å². The van der Waals surface area contributed by atoms with E-state index in [1.54, 1.807) is 0 Å². The van der Waals surface area contributed by atoms with Crippen molar-refractivity contribution in [3.63, 3.8) is 0 Å². The van der Waals surface area contributed by atoms with Gasteiger partial charge in [0.15, 0.2) is 0 Å². The van der Waals surface area contributed by atoms with Gasteiger partial charge in [0, 0.05) is 0 Å². The zero-order valence-electron chi connectivity index (χ0n) is 19.2. The highest BCUT2D eigenvalue weighted by molar-refractivity contribution is 6.77. The molecule has 0 amide bonds. The van der Waals surface area contributed by atoms with Gasteiger partial charge in [0.05, 0.1) is 6.10 Å². The standard InChI is InChI=1S/C26H38O3Si/c1-19(2)30(20(3)4,21(5)6)29-24(18-17-22-13-9-7-10-14-22)26(28)25(27)23-15-11-8-12-16-23/h7-21,24-28H,1-6H3/b18-17+/t24-,25-,26+/m1/s1. The van der Waals surface area contributed by atoms with Crippen LogP contribution in [0.25, 0.3) is 6.08 Å². The highest BCUT2D eigenvalue weighted by Crippen LogP contribution is 2.44. The summed E-state index contributed by atoms with van der Waals surface area (Å²) >= 11 is 0. The maximum Gasteiger partial charge on any atom is 0.201 e. The first-order valence-electron chi connectivity index (χ1n) is 11.0. The molecule has 0 bridgehead atoms. The Bertz CT molecular complexity index is 750. The van der Waals surface area contributed by atoms with Crippen molar-refractivity contribution >= 4 is 14.4 Å². The van der Waals surface area contributed by atoms with Crippen LogP contribution in [0.3, 0.4) is 0 Å². The monoisotopic (exact) mass is 426 g/mol. The predicted octanol–water partition coefficient (Wildman–Crippen LogP) is 6.36. The lowest BCUT2D eigenvalue weighted by molar-refractivity contribution is -0.0388. The largest absolute Gasteiger partial charge is 0.407 e. The van der Waals surface area contributed by atoms with E-state index in [0.717, 1.165) is 5.56 Å². The number of aliphatic hydroxyl groups excluding tert-OH is 2. The van der Waals surface area contributed by atoms with Crippen LogP contribution in [-0.4, -0.2) is 30.7 Å². The zero-order chi connectivity index (χ0) is 22.3. The maximum absolute atomic E-state index is 11.2. The van der Waals surface area contributed by atoms with Gasteiger partial charge in [0.1, 0.15) is 12.2 Å². The molecule has 3 nitrogen and oxygen atoms in total. The Morgan fingerprint density at radius 2 is 1.20 bits per heavy atom. The molecule has 0 fully saturated rings. The van der Waals surface area contributed by atoms with Gasteiger partial charge in [0.25, 0.3) is 0 Å². The van der Waals surface area contributed by atoms with Gasteiger partial charge in [-0.05, 0) is 27.8 Å². The third-order valence-electron chi connectivity index (χ3n) is 6.13. The number of hydrogen-bond donors (Lipinski definition) is 2. The van der Waals surface area contributed by atoms with Crippen molar-refractivity contribution in [2.24, 2.45) is 0 Å². The zero-order valence-corrected chi connectivity index (χ0v) is 20.2. The van der Waals surface area contributed by atoms with Crippen molar-refractivity contribution in [1.82, 2.24) is 0 Å². The smallest absolute Gasteiger partial charge is 0.201 e. The first kappa shape index (κ1) is 24.5. The minimum atomic E-state index is -2.26. The van der Waals surface area contributed by atoms with Gasteiger partial charge in [-0.3, -0.25) is 0 Å². The van der Waals surface area contributed by atoms with E-state index in [2.05, 4.69) is 41.5 Å². The van der Waals surface area contributed by atoms with Crippen LogP contribution in [0.4, 0.5) is 0 Å². The Labute approximate surface area is 183 Å². The topological polar surface area (TPSA) is 49.7 Å². The van der Waals surface area contributed by atoms with Crippen LogP contribution >= 0.6 is 0 Å². The van der Waals surface area contributed by atoms with Crippen molar-refractivity contribution in [3.05, 3.63) is 77.9 Å². The maximum atomic E-state index is 11.2. The third kappa shape index (κ3) is 5.70. The van der Waals surface area contributed by atoms with Gasteiger partial charge in [0.2, 0.25) is 8.32 Å². The summed E-state index contributed by atoms with van der Waals surface area (Å²) in [5.41, 5.74) is 2.87. The van der Waals surface area contributed by atoms with Crippen molar-refractivity contribution in [3.8, 4) is 0 Å². The van der Waals surface area contributed by atoms with Crippen LogP contribution < -0.4 is 0 Å². The molecule has 0 aliphatic rings. The van der Waals surface area contributed by atoms with E-state index < -0.39 is 26.6 Å². The molecule has 30 heavy (non-hydrogen) atoms. The fourth-order valence-corrected chi connectivity index (χ4v) is 10.2. The molecule has 2 aromatic rings. The van der Waals surface area contributed by atoms with Gasteiger partial charge in [-0.2, -0.15) is 0 Å². The number of rotatable bonds is 10. The molecule has 0 aromatic heterocycles. The van der Waals surface area contributed by atoms with Gasteiger partial charge in [-0.1, -0.05) is 114 Å². The number of hydrogen-bond acceptors (Lipinski definition) is 3. The lowest BCUT2D eigenvalue weighted by Gasteiger charge is -2.45. The van der Waals surface area contributed by atoms with Crippen LogP contribution in [0.2, 0.25) is 16.6 Å². The molecule has 164 valence electrons. The fraction of sp³-hybridized carbons (Fsp3) is 0.462. The molecule has 0 aliphatic carbocycles. The Morgan fingerprint density at radius 3 is 1.67 bits per heavy atom. The molecular weight excluding hydrogens is 388 g/mol. The molecule has 0 heterocycles. The van der Waals surface area contributed by atoms with Crippen molar-refractivity contribution in [2.75, 3.05) is 0 Å². The summed E-state index contributed by atoms with van der Waals surface area (Å²) in [6.07, 6.45) is 1.22.